The number of aromatic nitrogens is 1. The molecule has 0 bridgehead atoms. The molecule has 1 aromatic heterocycles. The van der Waals surface area contributed by atoms with Gasteiger partial charge in [0.2, 0.25) is 0 Å². The van der Waals surface area contributed by atoms with Gasteiger partial charge >= 0.3 is 6.18 Å². The van der Waals surface area contributed by atoms with E-state index in [0.29, 0.717) is 36.1 Å². The van der Waals surface area contributed by atoms with E-state index in [2.05, 4.69) is 44.8 Å². The molecular weight excluding hydrogens is 385 g/mol. The van der Waals surface area contributed by atoms with Crippen LogP contribution in [0.1, 0.15) is 74.9 Å². The summed E-state index contributed by atoms with van der Waals surface area (Å²) in [5.74, 6) is 0.615. The maximum absolute atomic E-state index is 13.4. The number of nitrogens with zero attached hydrogens (tertiary/aromatic N) is 2. The van der Waals surface area contributed by atoms with Crippen molar-refractivity contribution in [3.8, 4) is 0 Å². The van der Waals surface area contributed by atoms with Crippen molar-refractivity contribution < 1.29 is 13.2 Å². The number of halogens is 3. The Labute approximate surface area is 176 Å². The van der Waals surface area contributed by atoms with Gasteiger partial charge in [-0.15, -0.1) is 0 Å². The van der Waals surface area contributed by atoms with E-state index < -0.39 is 11.7 Å². The summed E-state index contributed by atoms with van der Waals surface area (Å²) in [6, 6.07) is 11.3. The molecule has 158 valence electrons. The van der Waals surface area contributed by atoms with Crippen LogP contribution in [0.4, 0.5) is 18.9 Å². The van der Waals surface area contributed by atoms with E-state index in [0.717, 1.165) is 16.8 Å². The molecular formula is C25H27F3N2. The van der Waals surface area contributed by atoms with Crippen LogP contribution in [-0.2, 0) is 0 Å². The van der Waals surface area contributed by atoms with Crippen LogP contribution in [0.3, 0.4) is 0 Å². The van der Waals surface area contributed by atoms with Gasteiger partial charge in [0.25, 0.3) is 0 Å². The lowest BCUT2D eigenvalue weighted by Crippen LogP contribution is -2.15. The first kappa shape index (κ1) is 22.0. The van der Waals surface area contributed by atoms with Crippen molar-refractivity contribution in [2.75, 3.05) is 0 Å². The molecule has 1 aromatic carbocycles. The normalized spacial score (nSPS) is 15.1. The fourth-order valence-electron chi connectivity index (χ4n) is 3.65. The number of benzene rings is 1. The Morgan fingerprint density at radius 1 is 0.900 bits per heavy atom. The Morgan fingerprint density at radius 2 is 1.50 bits per heavy atom. The number of hydrogen-bond donors (Lipinski definition) is 0. The lowest BCUT2D eigenvalue weighted by atomic mass is 9.93. The van der Waals surface area contributed by atoms with Crippen molar-refractivity contribution in [2.24, 2.45) is 4.99 Å². The molecule has 0 fully saturated rings. The summed E-state index contributed by atoms with van der Waals surface area (Å²) in [5, 5.41) is 0. The zero-order valence-electron chi connectivity index (χ0n) is 17.8. The molecule has 0 saturated carbocycles. The van der Waals surface area contributed by atoms with Crippen LogP contribution in [0.25, 0.3) is 5.57 Å². The molecule has 0 aliphatic heterocycles. The summed E-state index contributed by atoms with van der Waals surface area (Å²) in [6.45, 7) is 8.49. The van der Waals surface area contributed by atoms with Gasteiger partial charge in [0.15, 0.2) is 0 Å². The van der Waals surface area contributed by atoms with Crippen molar-refractivity contribution in [3.05, 3.63) is 76.6 Å². The van der Waals surface area contributed by atoms with Crippen molar-refractivity contribution in [1.82, 2.24) is 4.98 Å². The molecule has 1 aliphatic rings. The highest BCUT2D eigenvalue weighted by Gasteiger charge is 2.37. The first-order chi connectivity index (χ1) is 14.2. The molecule has 0 amide bonds. The summed E-state index contributed by atoms with van der Waals surface area (Å²) in [7, 11) is 0. The van der Waals surface area contributed by atoms with E-state index in [1.54, 1.807) is 30.5 Å². The topological polar surface area (TPSA) is 25.2 Å². The third kappa shape index (κ3) is 4.89. The minimum absolute atomic E-state index is 0.148. The summed E-state index contributed by atoms with van der Waals surface area (Å²) in [5.41, 5.74) is 3.61. The molecule has 0 N–H and O–H groups in total. The Bertz CT molecular complexity index is 969. The summed E-state index contributed by atoms with van der Waals surface area (Å²) >= 11 is 0. The average molecular weight is 412 g/mol. The Morgan fingerprint density at radius 3 is 2.10 bits per heavy atom. The van der Waals surface area contributed by atoms with Crippen molar-refractivity contribution in [3.63, 3.8) is 0 Å². The standard InChI is InChI=1S/C25H27F3N2/c1-16(2)19-11-8-12-20(17(3)4)24(19)29-15-18-9-7-14-23(30-18)21-10-5-6-13-22(21)25(26,27)28/h7-17H,5-6H2,1-4H3. The van der Waals surface area contributed by atoms with Crippen LogP contribution in [0, 0.1) is 0 Å². The Hall–Kier alpha value is -2.69. The highest BCUT2D eigenvalue weighted by Crippen LogP contribution is 2.39. The minimum atomic E-state index is -4.39. The third-order valence-electron chi connectivity index (χ3n) is 5.17. The highest BCUT2D eigenvalue weighted by molar-refractivity contribution is 5.84. The second-order valence-corrected chi connectivity index (χ2v) is 8.11. The van der Waals surface area contributed by atoms with Crippen LogP contribution < -0.4 is 0 Å². The van der Waals surface area contributed by atoms with Gasteiger partial charge in [-0.3, -0.25) is 4.99 Å². The fourth-order valence-corrected chi connectivity index (χ4v) is 3.65. The SMILES string of the molecule is CC(C)c1cccc(C(C)C)c1N=Cc1cccc(C2=CCCC=C2C(F)(F)F)n1. The Balaban J connectivity index is 1.98. The second kappa shape index (κ2) is 8.99. The molecule has 2 aromatic rings. The van der Waals surface area contributed by atoms with Gasteiger partial charge < -0.3 is 0 Å². The van der Waals surface area contributed by atoms with Crippen LogP contribution in [0.5, 0.6) is 0 Å². The molecule has 1 aliphatic carbocycles. The predicted molar refractivity (Wildman–Crippen MR) is 117 cm³/mol. The molecule has 0 atom stereocenters. The van der Waals surface area contributed by atoms with Crippen LogP contribution >= 0.6 is 0 Å². The number of allylic oxidation sites excluding steroid dienone is 4. The Kier molecular flexibility index (Phi) is 6.59. The maximum Gasteiger partial charge on any atom is 0.416 e. The lowest BCUT2D eigenvalue weighted by Gasteiger charge is -2.18. The summed E-state index contributed by atoms with van der Waals surface area (Å²) < 4.78 is 40.3. The van der Waals surface area contributed by atoms with Gasteiger partial charge in [0, 0.05) is 5.57 Å². The number of hydrogen-bond acceptors (Lipinski definition) is 2. The third-order valence-corrected chi connectivity index (χ3v) is 5.17. The van der Waals surface area contributed by atoms with E-state index in [1.165, 1.54) is 6.08 Å². The predicted octanol–water partition coefficient (Wildman–Crippen LogP) is 7.74. The van der Waals surface area contributed by atoms with Crippen LogP contribution in [0.2, 0.25) is 0 Å². The van der Waals surface area contributed by atoms with Gasteiger partial charge in [-0.1, -0.05) is 64.1 Å². The zero-order valence-corrected chi connectivity index (χ0v) is 17.8. The molecule has 30 heavy (non-hydrogen) atoms. The van der Waals surface area contributed by atoms with Crippen molar-refractivity contribution in [1.29, 1.82) is 0 Å². The number of pyridine rings is 1. The number of rotatable bonds is 5. The molecule has 1 heterocycles. The maximum atomic E-state index is 13.4. The number of aliphatic imine (C=N–C) groups is 1. The molecule has 5 heteroatoms. The van der Waals surface area contributed by atoms with Gasteiger partial charge in [0.05, 0.1) is 28.9 Å². The van der Waals surface area contributed by atoms with E-state index >= 15 is 0 Å². The second-order valence-electron chi connectivity index (χ2n) is 8.11. The van der Waals surface area contributed by atoms with Gasteiger partial charge in [0.1, 0.15) is 0 Å². The number of alkyl halides is 3. The summed E-state index contributed by atoms with van der Waals surface area (Å²) in [6.07, 6.45) is 1.11. The zero-order chi connectivity index (χ0) is 21.9. The smallest absolute Gasteiger partial charge is 0.254 e. The molecule has 0 unspecified atom stereocenters. The molecule has 0 saturated heterocycles. The molecule has 0 spiro atoms. The van der Waals surface area contributed by atoms with E-state index in [4.69, 9.17) is 4.99 Å². The minimum Gasteiger partial charge on any atom is -0.254 e. The van der Waals surface area contributed by atoms with Crippen LogP contribution in [-0.4, -0.2) is 17.4 Å². The van der Waals surface area contributed by atoms with Gasteiger partial charge in [-0.2, -0.15) is 13.2 Å². The monoisotopic (exact) mass is 412 g/mol. The molecule has 2 nitrogen and oxygen atoms in total. The molecule has 3 rings (SSSR count). The largest absolute Gasteiger partial charge is 0.416 e. The van der Waals surface area contributed by atoms with Gasteiger partial charge in [-0.25, -0.2) is 4.98 Å². The first-order valence-electron chi connectivity index (χ1n) is 10.3. The van der Waals surface area contributed by atoms with E-state index in [9.17, 15) is 13.2 Å². The van der Waals surface area contributed by atoms with E-state index in [-0.39, 0.29) is 5.57 Å². The summed E-state index contributed by atoms with van der Waals surface area (Å²) in [4.78, 5) is 9.19. The highest BCUT2D eigenvalue weighted by atomic mass is 19.4. The van der Waals surface area contributed by atoms with Crippen LogP contribution in [0.15, 0.2) is 59.1 Å². The average Bonchev–Trinajstić information content (AvgIpc) is 2.71. The lowest BCUT2D eigenvalue weighted by molar-refractivity contribution is -0.0874. The van der Waals surface area contributed by atoms with E-state index in [1.807, 2.05) is 6.07 Å². The number of para-hydroxylation sites is 1. The first-order valence-corrected chi connectivity index (χ1v) is 10.3. The van der Waals surface area contributed by atoms with Crippen molar-refractivity contribution in [2.45, 2.75) is 58.5 Å². The van der Waals surface area contributed by atoms with Crippen molar-refractivity contribution >= 4 is 17.5 Å². The quantitative estimate of drug-likeness (QED) is 0.461. The molecule has 0 radical (unpaired) electrons. The fraction of sp³-hybridized carbons (Fsp3) is 0.360. The van der Waals surface area contributed by atoms with Gasteiger partial charge in [-0.05, 0) is 47.9 Å².